The Bertz CT molecular complexity index is 777. The summed E-state index contributed by atoms with van der Waals surface area (Å²) in [7, 11) is 0. The fourth-order valence-corrected chi connectivity index (χ4v) is 2.96. The predicted octanol–water partition coefficient (Wildman–Crippen LogP) is 4.20. The van der Waals surface area contributed by atoms with E-state index in [2.05, 4.69) is 35.6 Å². The number of amides is 1. The molecule has 0 unspecified atom stereocenters. The van der Waals surface area contributed by atoms with E-state index in [0.29, 0.717) is 6.61 Å². The lowest BCUT2D eigenvalue weighted by molar-refractivity contribution is 0.177. The van der Waals surface area contributed by atoms with Crippen molar-refractivity contribution in [2.75, 3.05) is 6.61 Å². The third-order valence-electron chi connectivity index (χ3n) is 3.83. The van der Waals surface area contributed by atoms with Crippen LogP contribution in [0.4, 0.5) is 4.79 Å². The zero-order chi connectivity index (χ0) is 13.5. The number of hydrogen-bond donors (Lipinski definition) is 1. The Morgan fingerprint density at radius 3 is 2.05 bits per heavy atom. The van der Waals surface area contributed by atoms with Crippen LogP contribution in [0.1, 0.15) is 11.6 Å². The molecule has 0 aromatic heterocycles. The van der Waals surface area contributed by atoms with Gasteiger partial charge in [-0.25, -0.2) is 4.79 Å². The van der Waals surface area contributed by atoms with Crippen molar-refractivity contribution in [2.24, 2.45) is 0 Å². The first kappa shape index (κ1) is 13.7. The van der Waals surface area contributed by atoms with E-state index in [4.69, 9.17) is 4.74 Å². The molecule has 106 valence electrons. The quantitative estimate of drug-likeness (QED) is 0.684. The number of carbonyl (C=O) groups excluding carboxylic acids is 1. The highest BCUT2D eigenvalue weighted by Gasteiger charge is 2.26. The molecule has 1 amide bonds. The third kappa shape index (κ3) is 2.20. The van der Waals surface area contributed by atoms with Gasteiger partial charge in [0.15, 0.2) is 0 Å². The van der Waals surface area contributed by atoms with E-state index < -0.39 is 0 Å². The van der Waals surface area contributed by atoms with Gasteiger partial charge in [0.1, 0.15) is 6.61 Å². The molecule has 1 N–H and O–H groups in total. The second-order valence-corrected chi connectivity index (χ2v) is 5.03. The molecule has 0 spiro atoms. The Morgan fingerprint density at radius 1 is 0.952 bits per heavy atom. The van der Waals surface area contributed by atoms with Gasteiger partial charge in [0.25, 0.3) is 0 Å². The number of carbonyl (C=O) groups is 1. The maximum Gasteiger partial charge on any atom is 0.407 e. The maximum atomic E-state index is 11.4. The summed E-state index contributed by atoms with van der Waals surface area (Å²) in [5, 5.41) is 7.60. The number of alkyl carbamates (subject to hydrolysis) is 1. The minimum Gasteiger partial charge on any atom is -0.447 e. The van der Waals surface area contributed by atoms with Gasteiger partial charge in [0, 0.05) is 0 Å². The van der Waals surface area contributed by atoms with Crippen LogP contribution in [-0.4, -0.2) is 12.7 Å². The van der Waals surface area contributed by atoms with E-state index in [-0.39, 0.29) is 24.5 Å². The lowest BCUT2D eigenvalue weighted by atomic mass is 9.93. The normalized spacial score (nSPS) is 17.3. The molecule has 3 aromatic carbocycles. The van der Waals surface area contributed by atoms with Crippen LogP contribution in [0.3, 0.4) is 0 Å². The molecule has 0 bridgehead atoms. The summed E-state index contributed by atoms with van der Waals surface area (Å²) >= 11 is 0. The van der Waals surface area contributed by atoms with Crippen LogP contribution in [0.25, 0.3) is 21.5 Å². The van der Waals surface area contributed by atoms with Crippen molar-refractivity contribution in [1.29, 1.82) is 0 Å². The highest BCUT2D eigenvalue weighted by Crippen LogP contribution is 2.34. The summed E-state index contributed by atoms with van der Waals surface area (Å²) in [5.41, 5.74) is 1.14. The van der Waals surface area contributed by atoms with Crippen LogP contribution in [0.15, 0.2) is 54.6 Å². The van der Waals surface area contributed by atoms with Crippen LogP contribution in [0.5, 0.6) is 0 Å². The smallest absolute Gasteiger partial charge is 0.407 e. The van der Waals surface area contributed by atoms with Gasteiger partial charge in [-0.05, 0) is 33.2 Å². The second-order valence-electron chi connectivity index (χ2n) is 5.03. The monoisotopic (exact) mass is 299 g/mol. The maximum absolute atomic E-state index is 11.4. The summed E-state index contributed by atoms with van der Waals surface area (Å²) in [6.45, 7) is 0.386. The van der Waals surface area contributed by atoms with Gasteiger partial charge in [-0.1, -0.05) is 48.5 Å². The highest BCUT2D eigenvalue weighted by molar-refractivity contribution is 6.03. The standard InChI is InChI=1S/C17H13NO2.ClH/c19-17-18-15(10-20-17)16-13-7-3-1-5-11(13)9-12-6-2-4-8-14(12)16;/h1-9,15H,10H2,(H,18,19);1H/t15-;/m0./s1. The van der Waals surface area contributed by atoms with Gasteiger partial charge in [0.05, 0.1) is 6.04 Å². The summed E-state index contributed by atoms with van der Waals surface area (Å²) in [5.74, 6) is 0. The van der Waals surface area contributed by atoms with Crippen molar-refractivity contribution in [1.82, 2.24) is 5.32 Å². The molecule has 1 heterocycles. The first-order chi connectivity index (χ1) is 9.83. The van der Waals surface area contributed by atoms with Crippen LogP contribution in [-0.2, 0) is 4.74 Å². The molecule has 3 nitrogen and oxygen atoms in total. The number of ether oxygens (including phenoxy) is 1. The van der Waals surface area contributed by atoms with E-state index in [0.717, 1.165) is 5.56 Å². The lowest BCUT2D eigenvalue weighted by Crippen LogP contribution is -2.18. The molecule has 1 fully saturated rings. The van der Waals surface area contributed by atoms with Crippen molar-refractivity contribution < 1.29 is 9.53 Å². The van der Waals surface area contributed by atoms with E-state index in [1.807, 2.05) is 24.3 Å². The van der Waals surface area contributed by atoms with Crippen LogP contribution < -0.4 is 5.32 Å². The summed E-state index contributed by atoms with van der Waals surface area (Å²) in [6.07, 6.45) is -0.341. The SMILES string of the molecule is Cl.O=C1N[C@H](c2c3ccccc3cc3ccccc23)CO1. The number of halogens is 1. The number of benzene rings is 3. The average molecular weight is 300 g/mol. The lowest BCUT2D eigenvalue weighted by Gasteiger charge is -2.15. The minimum atomic E-state index is -0.341. The van der Waals surface area contributed by atoms with Crippen molar-refractivity contribution in [3.8, 4) is 0 Å². The Balaban J connectivity index is 0.00000132. The van der Waals surface area contributed by atoms with Crippen LogP contribution in [0.2, 0.25) is 0 Å². The zero-order valence-electron chi connectivity index (χ0n) is 11.2. The third-order valence-corrected chi connectivity index (χ3v) is 3.83. The highest BCUT2D eigenvalue weighted by atomic mass is 35.5. The molecule has 3 aromatic rings. The molecular weight excluding hydrogens is 286 g/mol. The number of cyclic esters (lactones) is 1. The first-order valence-electron chi connectivity index (χ1n) is 6.66. The van der Waals surface area contributed by atoms with Gasteiger partial charge < -0.3 is 10.1 Å². The number of fused-ring (bicyclic) bond motifs is 2. The number of hydrogen-bond acceptors (Lipinski definition) is 2. The van der Waals surface area contributed by atoms with Gasteiger partial charge in [-0.15, -0.1) is 12.4 Å². The molecule has 1 saturated heterocycles. The molecule has 4 rings (SSSR count). The molecular formula is C17H14ClNO2. The molecule has 0 radical (unpaired) electrons. The van der Waals surface area contributed by atoms with Crippen molar-refractivity contribution in [2.45, 2.75) is 6.04 Å². The topological polar surface area (TPSA) is 38.3 Å². The second kappa shape index (κ2) is 5.26. The summed E-state index contributed by atoms with van der Waals surface area (Å²) in [6, 6.07) is 18.6. The molecule has 1 aliphatic heterocycles. The summed E-state index contributed by atoms with van der Waals surface area (Å²) < 4.78 is 5.07. The molecule has 0 saturated carbocycles. The molecule has 21 heavy (non-hydrogen) atoms. The van der Waals surface area contributed by atoms with E-state index >= 15 is 0 Å². The van der Waals surface area contributed by atoms with Crippen molar-refractivity contribution in [3.05, 3.63) is 60.2 Å². The number of nitrogens with one attached hydrogen (secondary N) is 1. The zero-order valence-corrected chi connectivity index (χ0v) is 12.0. The minimum absolute atomic E-state index is 0. The van der Waals surface area contributed by atoms with Gasteiger partial charge in [-0.2, -0.15) is 0 Å². The van der Waals surface area contributed by atoms with Gasteiger partial charge >= 0.3 is 6.09 Å². The van der Waals surface area contributed by atoms with Crippen molar-refractivity contribution in [3.63, 3.8) is 0 Å². The van der Waals surface area contributed by atoms with Crippen LogP contribution in [0, 0.1) is 0 Å². The Kier molecular flexibility index (Phi) is 3.43. The molecule has 1 atom stereocenters. The van der Waals surface area contributed by atoms with Gasteiger partial charge in [0.2, 0.25) is 0 Å². The molecule has 0 aliphatic carbocycles. The summed E-state index contributed by atoms with van der Waals surface area (Å²) in [4.78, 5) is 11.4. The first-order valence-corrected chi connectivity index (χ1v) is 6.66. The molecule has 1 aliphatic rings. The van der Waals surface area contributed by atoms with E-state index in [1.165, 1.54) is 21.5 Å². The Morgan fingerprint density at radius 2 is 1.52 bits per heavy atom. The van der Waals surface area contributed by atoms with Gasteiger partial charge in [-0.3, -0.25) is 0 Å². The Hall–Kier alpha value is -2.26. The largest absolute Gasteiger partial charge is 0.447 e. The predicted molar refractivity (Wildman–Crippen MR) is 85.9 cm³/mol. The molecule has 4 heteroatoms. The fraction of sp³-hybridized carbons (Fsp3) is 0.118. The van der Waals surface area contributed by atoms with E-state index in [9.17, 15) is 4.79 Å². The Labute approximate surface area is 128 Å². The van der Waals surface area contributed by atoms with E-state index in [1.54, 1.807) is 0 Å². The van der Waals surface area contributed by atoms with Crippen molar-refractivity contribution >= 4 is 40.0 Å². The fourth-order valence-electron chi connectivity index (χ4n) is 2.96. The van der Waals surface area contributed by atoms with Crippen LogP contribution >= 0.6 is 12.4 Å². The number of rotatable bonds is 1. The average Bonchev–Trinajstić information content (AvgIpc) is 2.91.